The fourth-order valence-corrected chi connectivity index (χ4v) is 1.75. The minimum Gasteiger partial charge on any atom is -0.444 e. The van der Waals surface area contributed by atoms with Crippen LogP contribution in [0.3, 0.4) is 0 Å². The zero-order valence-electron chi connectivity index (χ0n) is 14.4. The number of nitrogens with one attached hydrogen (secondary N) is 2. The highest BCUT2D eigenvalue weighted by Crippen LogP contribution is 2.16. The molecule has 1 aromatic rings. The van der Waals surface area contributed by atoms with E-state index in [-0.39, 0.29) is 5.54 Å². The van der Waals surface area contributed by atoms with E-state index >= 15 is 0 Å². The molecule has 1 atom stereocenters. The molecule has 0 fully saturated rings. The largest absolute Gasteiger partial charge is 0.444 e. The highest BCUT2D eigenvalue weighted by Gasteiger charge is 2.29. The Hall–Kier alpha value is -1.69. The first kappa shape index (κ1) is 18.4. The van der Waals surface area contributed by atoms with Gasteiger partial charge in [0.2, 0.25) is 0 Å². The molecule has 0 aliphatic carbocycles. The normalized spacial score (nSPS) is 14.5. The molecule has 0 spiro atoms. The van der Waals surface area contributed by atoms with E-state index in [0.717, 1.165) is 5.69 Å². The van der Waals surface area contributed by atoms with Crippen molar-refractivity contribution in [1.29, 1.82) is 0 Å². The van der Waals surface area contributed by atoms with Gasteiger partial charge in [0.1, 0.15) is 5.60 Å². The van der Waals surface area contributed by atoms with E-state index in [4.69, 9.17) is 4.74 Å². The van der Waals surface area contributed by atoms with Crippen molar-refractivity contribution in [3.8, 4) is 0 Å². The van der Waals surface area contributed by atoms with Gasteiger partial charge in [-0.3, -0.25) is 9.97 Å². The number of nitrogens with zero attached hydrogens (tertiary/aromatic N) is 2. The average molecular weight is 308 g/mol. The maximum atomic E-state index is 11.8. The van der Waals surface area contributed by atoms with Crippen molar-refractivity contribution in [2.45, 2.75) is 59.2 Å². The van der Waals surface area contributed by atoms with Crippen LogP contribution in [0.15, 0.2) is 18.6 Å². The van der Waals surface area contributed by atoms with Crippen LogP contribution >= 0.6 is 0 Å². The second kappa shape index (κ2) is 7.54. The molecule has 0 bridgehead atoms. The molecule has 0 saturated heterocycles. The third kappa shape index (κ3) is 6.39. The summed E-state index contributed by atoms with van der Waals surface area (Å²) in [6.07, 6.45) is 4.65. The maximum Gasteiger partial charge on any atom is 0.407 e. The number of ether oxygens (including phenoxy) is 1. The highest BCUT2D eigenvalue weighted by molar-refractivity contribution is 5.67. The Balaban J connectivity index is 2.57. The molecular formula is C16H28N4O2. The number of carbonyl (C=O) groups excluding carboxylic acids is 1. The Morgan fingerprint density at radius 3 is 2.45 bits per heavy atom. The number of carbonyl (C=O) groups is 1. The van der Waals surface area contributed by atoms with Gasteiger partial charge in [-0.25, -0.2) is 4.79 Å². The molecule has 1 aromatic heterocycles. The van der Waals surface area contributed by atoms with E-state index in [1.807, 2.05) is 20.8 Å². The third-order valence-electron chi connectivity index (χ3n) is 3.56. The fraction of sp³-hybridized carbons (Fsp3) is 0.688. The van der Waals surface area contributed by atoms with Gasteiger partial charge in [-0.15, -0.1) is 0 Å². The molecule has 22 heavy (non-hydrogen) atoms. The van der Waals surface area contributed by atoms with Gasteiger partial charge >= 0.3 is 6.09 Å². The van der Waals surface area contributed by atoms with Crippen LogP contribution in [-0.4, -0.2) is 33.7 Å². The number of amides is 1. The van der Waals surface area contributed by atoms with Crippen molar-refractivity contribution in [3.05, 3.63) is 24.3 Å². The first-order valence-corrected chi connectivity index (χ1v) is 7.59. The topological polar surface area (TPSA) is 76.1 Å². The van der Waals surface area contributed by atoms with Crippen LogP contribution in [0.4, 0.5) is 4.79 Å². The molecule has 1 rings (SSSR count). The Morgan fingerprint density at radius 2 is 1.95 bits per heavy atom. The van der Waals surface area contributed by atoms with Crippen molar-refractivity contribution in [3.63, 3.8) is 0 Å². The molecule has 0 aliphatic heterocycles. The Kier molecular flexibility index (Phi) is 6.29. The molecule has 0 aromatic carbocycles. The first-order valence-electron chi connectivity index (χ1n) is 7.59. The summed E-state index contributed by atoms with van der Waals surface area (Å²) >= 11 is 0. The van der Waals surface area contributed by atoms with Gasteiger partial charge in [-0.2, -0.15) is 0 Å². The Bertz CT molecular complexity index is 471. The number of aromatic nitrogens is 2. The Morgan fingerprint density at radius 1 is 1.27 bits per heavy atom. The zero-order chi connectivity index (χ0) is 16.8. The quantitative estimate of drug-likeness (QED) is 0.844. The Labute approximate surface area is 133 Å². The molecular weight excluding hydrogens is 280 g/mol. The minimum atomic E-state index is -0.495. The standard InChI is InChI=1S/C16H28N4O2/c1-12(2)16(6,11-19-14(21)22-15(3,4)5)20-10-13-9-17-7-8-18-13/h7-9,12,20H,10-11H2,1-6H3,(H,19,21). The van der Waals surface area contributed by atoms with Gasteiger partial charge in [-0.05, 0) is 33.6 Å². The summed E-state index contributed by atoms with van der Waals surface area (Å²) in [5, 5.41) is 6.30. The second-order valence-corrected chi connectivity index (χ2v) is 6.98. The number of hydrogen-bond acceptors (Lipinski definition) is 5. The second-order valence-electron chi connectivity index (χ2n) is 6.98. The maximum absolute atomic E-state index is 11.8. The minimum absolute atomic E-state index is 0.269. The van der Waals surface area contributed by atoms with Crippen LogP contribution < -0.4 is 10.6 Å². The molecule has 1 amide bonds. The first-order chi connectivity index (χ1) is 10.1. The molecule has 1 heterocycles. The van der Waals surface area contributed by atoms with Crippen molar-refractivity contribution in [2.24, 2.45) is 5.92 Å². The number of alkyl carbamates (subject to hydrolysis) is 1. The molecule has 0 aliphatic rings. The van der Waals surface area contributed by atoms with Crippen molar-refractivity contribution in [1.82, 2.24) is 20.6 Å². The lowest BCUT2D eigenvalue weighted by Crippen LogP contribution is -2.55. The lowest BCUT2D eigenvalue weighted by atomic mass is 9.88. The zero-order valence-corrected chi connectivity index (χ0v) is 14.4. The van der Waals surface area contributed by atoms with Crippen molar-refractivity contribution < 1.29 is 9.53 Å². The van der Waals surface area contributed by atoms with E-state index in [9.17, 15) is 4.79 Å². The van der Waals surface area contributed by atoms with Crippen LogP contribution in [0, 0.1) is 5.92 Å². The fourth-order valence-electron chi connectivity index (χ4n) is 1.75. The van der Waals surface area contributed by atoms with Crippen molar-refractivity contribution >= 4 is 6.09 Å². The van der Waals surface area contributed by atoms with E-state index < -0.39 is 11.7 Å². The predicted molar refractivity (Wildman–Crippen MR) is 86.4 cm³/mol. The lowest BCUT2D eigenvalue weighted by Gasteiger charge is -2.35. The smallest absolute Gasteiger partial charge is 0.407 e. The van der Waals surface area contributed by atoms with Crippen LogP contribution in [-0.2, 0) is 11.3 Å². The highest BCUT2D eigenvalue weighted by atomic mass is 16.6. The SMILES string of the molecule is CC(C)C(C)(CNC(=O)OC(C)(C)C)NCc1cnccn1. The molecule has 124 valence electrons. The summed E-state index contributed by atoms with van der Waals surface area (Å²) in [5.74, 6) is 0.319. The van der Waals surface area contributed by atoms with E-state index in [2.05, 4.69) is 41.4 Å². The van der Waals surface area contributed by atoms with Crippen LogP contribution in [0.25, 0.3) is 0 Å². The summed E-state index contributed by atoms with van der Waals surface area (Å²) in [5.41, 5.74) is 0.103. The molecule has 0 radical (unpaired) electrons. The van der Waals surface area contributed by atoms with Gasteiger partial charge < -0.3 is 15.4 Å². The third-order valence-corrected chi connectivity index (χ3v) is 3.56. The predicted octanol–water partition coefficient (Wildman–Crippen LogP) is 2.51. The monoisotopic (exact) mass is 308 g/mol. The van der Waals surface area contributed by atoms with Gasteiger partial charge in [0, 0.05) is 37.2 Å². The van der Waals surface area contributed by atoms with E-state index in [0.29, 0.717) is 19.0 Å². The van der Waals surface area contributed by atoms with Gasteiger partial charge in [0.15, 0.2) is 0 Å². The summed E-state index contributed by atoms with van der Waals surface area (Å²) in [7, 11) is 0. The summed E-state index contributed by atoms with van der Waals surface area (Å²) in [6.45, 7) is 12.9. The van der Waals surface area contributed by atoms with Crippen LogP contribution in [0.5, 0.6) is 0 Å². The summed E-state index contributed by atoms with van der Waals surface area (Å²) in [6, 6.07) is 0. The van der Waals surface area contributed by atoms with Crippen LogP contribution in [0.2, 0.25) is 0 Å². The number of hydrogen-bond donors (Lipinski definition) is 2. The molecule has 6 heteroatoms. The average Bonchev–Trinajstić information content (AvgIpc) is 2.42. The molecule has 6 nitrogen and oxygen atoms in total. The summed E-state index contributed by atoms with van der Waals surface area (Å²) < 4.78 is 5.28. The van der Waals surface area contributed by atoms with E-state index in [1.54, 1.807) is 18.6 Å². The molecule has 1 unspecified atom stereocenters. The van der Waals surface area contributed by atoms with Gasteiger partial charge in [0.25, 0.3) is 0 Å². The van der Waals surface area contributed by atoms with Crippen molar-refractivity contribution in [2.75, 3.05) is 6.54 Å². The lowest BCUT2D eigenvalue weighted by molar-refractivity contribution is 0.0503. The van der Waals surface area contributed by atoms with E-state index in [1.165, 1.54) is 0 Å². The van der Waals surface area contributed by atoms with Crippen LogP contribution in [0.1, 0.15) is 47.2 Å². The van der Waals surface area contributed by atoms with Gasteiger partial charge in [0.05, 0.1) is 5.69 Å². The molecule has 0 saturated carbocycles. The molecule has 2 N–H and O–H groups in total. The summed E-state index contributed by atoms with van der Waals surface area (Å²) in [4.78, 5) is 20.1. The number of rotatable bonds is 6. The van der Waals surface area contributed by atoms with Gasteiger partial charge in [-0.1, -0.05) is 13.8 Å².